The first kappa shape index (κ1) is 16.7. The number of nitrogens with one attached hydrogen (secondary N) is 1. The van der Waals surface area contributed by atoms with Crippen molar-refractivity contribution in [2.45, 2.75) is 59.1 Å². The quantitative estimate of drug-likeness (QED) is 0.906. The minimum Gasteiger partial charge on any atom is -0.375 e. The maximum atomic E-state index is 5.77. The van der Waals surface area contributed by atoms with Gasteiger partial charge >= 0.3 is 0 Å². The van der Waals surface area contributed by atoms with E-state index in [1.807, 2.05) is 11.3 Å². The number of thiazole rings is 1. The summed E-state index contributed by atoms with van der Waals surface area (Å²) in [5.41, 5.74) is 1.33. The monoisotopic (exact) mass is 311 g/mol. The van der Waals surface area contributed by atoms with Crippen LogP contribution in [0.2, 0.25) is 0 Å². The first-order chi connectivity index (χ1) is 9.95. The number of hydrogen-bond acceptors (Lipinski definition) is 5. The molecule has 0 aromatic carbocycles. The lowest BCUT2D eigenvalue weighted by Gasteiger charge is -2.32. The van der Waals surface area contributed by atoms with Crippen molar-refractivity contribution < 1.29 is 4.74 Å². The molecule has 0 saturated carbocycles. The maximum Gasteiger partial charge on any atom is 0.186 e. The summed E-state index contributed by atoms with van der Waals surface area (Å²) in [6.07, 6.45) is 1.41. The molecule has 0 bridgehead atoms. The van der Waals surface area contributed by atoms with Gasteiger partial charge in [0.15, 0.2) is 5.13 Å². The topological polar surface area (TPSA) is 37.4 Å². The van der Waals surface area contributed by atoms with Gasteiger partial charge in [0.1, 0.15) is 0 Å². The molecule has 0 radical (unpaired) electrons. The van der Waals surface area contributed by atoms with Crippen LogP contribution in [0.1, 0.15) is 51.6 Å². The molecular weight excluding hydrogens is 282 g/mol. The molecule has 0 aliphatic carbocycles. The van der Waals surface area contributed by atoms with E-state index in [-0.39, 0.29) is 5.41 Å². The Morgan fingerprint density at radius 3 is 2.76 bits per heavy atom. The first-order valence-electron chi connectivity index (χ1n) is 8.03. The third-order valence-electron chi connectivity index (χ3n) is 3.80. The van der Waals surface area contributed by atoms with E-state index in [1.54, 1.807) is 0 Å². The molecule has 5 heteroatoms. The van der Waals surface area contributed by atoms with Crippen LogP contribution in [0.3, 0.4) is 0 Å². The molecule has 1 fully saturated rings. The summed E-state index contributed by atoms with van der Waals surface area (Å²) in [7, 11) is 0. The minimum absolute atomic E-state index is 0.0932. The van der Waals surface area contributed by atoms with Crippen LogP contribution in [0.4, 0.5) is 5.13 Å². The van der Waals surface area contributed by atoms with E-state index in [0.29, 0.717) is 6.10 Å². The average molecular weight is 311 g/mol. The van der Waals surface area contributed by atoms with Crippen molar-refractivity contribution in [3.05, 3.63) is 10.6 Å². The van der Waals surface area contributed by atoms with Crippen molar-refractivity contribution >= 4 is 16.5 Å². The van der Waals surface area contributed by atoms with Crippen molar-refractivity contribution in [2.75, 3.05) is 31.1 Å². The largest absolute Gasteiger partial charge is 0.375 e. The standard InChI is InChI=1S/C16H29N3OS/c1-6-12-11-19(8-9-20-12)15-18-14(16(3,4)5)13(21-15)10-17-7-2/h12,17H,6-11H2,1-5H3. The van der Waals surface area contributed by atoms with E-state index in [9.17, 15) is 0 Å². The van der Waals surface area contributed by atoms with Gasteiger partial charge in [0.25, 0.3) is 0 Å². The zero-order chi connectivity index (χ0) is 15.5. The highest BCUT2D eigenvalue weighted by atomic mass is 32.1. The Balaban J connectivity index is 2.21. The Bertz CT molecular complexity index is 453. The fourth-order valence-electron chi connectivity index (χ4n) is 2.56. The second-order valence-electron chi connectivity index (χ2n) is 6.65. The molecule has 4 nitrogen and oxygen atoms in total. The number of hydrogen-bond donors (Lipinski definition) is 1. The molecule has 1 aromatic rings. The first-order valence-corrected chi connectivity index (χ1v) is 8.84. The molecule has 1 aromatic heterocycles. The van der Waals surface area contributed by atoms with E-state index >= 15 is 0 Å². The van der Waals surface area contributed by atoms with Gasteiger partial charge in [0.2, 0.25) is 0 Å². The number of morpholine rings is 1. The van der Waals surface area contributed by atoms with Gasteiger partial charge in [-0.15, -0.1) is 11.3 Å². The molecule has 0 amide bonds. The van der Waals surface area contributed by atoms with Gasteiger partial charge in [0, 0.05) is 29.9 Å². The highest BCUT2D eigenvalue weighted by Crippen LogP contribution is 2.34. The zero-order valence-corrected chi connectivity index (χ0v) is 14.8. The van der Waals surface area contributed by atoms with Gasteiger partial charge in [-0.05, 0) is 13.0 Å². The number of rotatable bonds is 5. The van der Waals surface area contributed by atoms with Gasteiger partial charge < -0.3 is 15.0 Å². The van der Waals surface area contributed by atoms with Crippen LogP contribution in [-0.4, -0.2) is 37.3 Å². The van der Waals surface area contributed by atoms with Crippen LogP contribution in [0, 0.1) is 0 Å². The van der Waals surface area contributed by atoms with Crippen LogP contribution in [-0.2, 0) is 16.7 Å². The third-order valence-corrected chi connectivity index (χ3v) is 4.91. The van der Waals surface area contributed by atoms with Crippen molar-refractivity contribution in [1.29, 1.82) is 0 Å². The zero-order valence-electron chi connectivity index (χ0n) is 14.0. The molecule has 1 unspecified atom stereocenters. The second kappa shape index (κ2) is 7.07. The van der Waals surface area contributed by atoms with Gasteiger partial charge in [-0.2, -0.15) is 0 Å². The second-order valence-corrected chi connectivity index (χ2v) is 7.71. The Morgan fingerprint density at radius 2 is 2.14 bits per heavy atom. The fraction of sp³-hybridized carbons (Fsp3) is 0.812. The molecule has 120 valence electrons. The highest BCUT2D eigenvalue weighted by Gasteiger charge is 2.27. The molecule has 1 atom stereocenters. The molecular formula is C16H29N3OS. The molecule has 21 heavy (non-hydrogen) atoms. The van der Waals surface area contributed by atoms with Crippen LogP contribution in [0.25, 0.3) is 0 Å². The molecule has 1 aliphatic rings. The summed E-state index contributed by atoms with van der Waals surface area (Å²) >= 11 is 1.84. The SMILES string of the molecule is CCNCc1sc(N2CCOC(CC)C2)nc1C(C)(C)C. The summed E-state index contributed by atoms with van der Waals surface area (Å²) in [5.74, 6) is 0. The van der Waals surface area contributed by atoms with E-state index < -0.39 is 0 Å². The molecule has 0 spiro atoms. The number of anilines is 1. The third kappa shape index (κ3) is 4.18. The average Bonchev–Trinajstić information content (AvgIpc) is 2.89. The van der Waals surface area contributed by atoms with E-state index in [0.717, 1.165) is 44.3 Å². The van der Waals surface area contributed by atoms with E-state index in [1.165, 1.54) is 10.6 Å². The van der Waals surface area contributed by atoms with Crippen LogP contribution in [0.5, 0.6) is 0 Å². The molecule has 1 saturated heterocycles. The summed E-state index contributed by atoms with van der Waals surface area (Å²) in [6, 6.07) is 0. The minimum atomic E-state index is 0.0932. The summed E-state index contributed by atoms with van der Waals surface area (Å²) in [5, 5.41) is 4.60. The predicted octanol–water partition coefficient (Wildman–Crippen LogP) is 3.17. The fourth-order valence-corrected chi connectivity index (χ4v) is 3.83. The summed E-state index contributed by atoms with van der Waals surface area (Å²) < 4.78 is 5.77. The number of aromatic nitrogens is 1. The summed E-state index contributed by atoms with van der Waals surface area (Å²) in [6.45, 7) is 15.7. The summed E-state index contributed by atoms with van der Waals surface area (Å²) in [4.78, 5) is 8.75. The van der Waals surface area contributed by atoms with Crippen LogP contribution < -0.4 is 10.2 Å². The Morgan fingerprint density at radius 1 is 1.38 bits per heavy atom. The van der Waals surface area contributed by atoms with Gasteiger partial charge in [-0.3, -0.25) is 0 Å². The Labute approximate surface area is 132 Å². The number of nitrogens with zero attached hydrogens (tertiary/aromatic N) is 2. The number of ether oxygens (including phenoxy) is 1. The molecule has 1 N–H and O–H groups in total. The van der Waals surface area contributed by atoms with E-state index in [4.69, 9.17) is 9.72 Å². The van der Waals surface area contributed by atoms with Crippen molar-refractivity contribution in [1.82, 2.24) is 10.3 Å². The normalized spacial score (nSPS) is 20.0. The molecule has 1 aliphatic heterocycles. The lowest BCUT2D eigenvalue weighted by molar-refractivity contribution is 0.0384. The van der Waals surface area contributed by atoms with Crippen molar-refractivity contribution in [2.24, 2.45) is 0 Å². The van der Waals surface area contributed by atoms with Crippen molar-refractivity contribution in [3.8, 4) is 0 Å². The molecule has 2 heterocycles. The maximum absolute atomic E-state index is 5.77. The van der Waals surface area contributed by atoms with E-state index in [2.05, 4.69) is 44.8 Å². The van der Waals surface area contributed by atoms with Crippen LogP contribution in [0.15, 0.2) is 0 Å². The highest BCUT2D eigenvalue weighted by molar-refractivity contribution is 7.15. The Kier molecular flexibility index (Phi) is 5.63. The lowest BCUT2D eigenvalue weighted by atomic mass is 9.91. The smallest absolute Gasteiger partial charge is 0.186 e. The van der Waals surface area contributed by atoms with Gasteiger partial charge in [-0.1, -0.05) is 34.6 Å². The lowest BCUT2D eigenvalue weighted by Crippen LogP contribution is -2.42. The van der Waals surface area contributed by atoms with Crippen molar-refractivity contribution in [3.63, 3.8) is 0 Å². The Hall–Kier alpha value is -0.650. The van der Waals surface area contributed by atoms with Gasteiger partial charge in [0.05, 0.1) is 18.4 Å². The molecule has 2 rings (SSSR count). The predicted molar refractivity (Wildman–Crippen MR) is 90.4 cm³/mol. The van der Waals surface area contributed by atoms with Crippen LogP contribution >= 0.6 is 11.3 Å². The van der Waals surface area contributed by atoms with Gasteiger partial charge in [-0.25, -0.2) is 4.98 Å².